The Morgan fingerprint density at radius 3 is 2.68 bits per heavy atom. The number of nitrogens with zero attached hydrogens (tertiary/aromatic N) is 2. The van der Waals surface area contributed by atoms with Crippen LogP contribution in [0.1, 0.15) is 15.2 Å². The predicted octanol–water partition coefficient (Wildman–Crippen LogP) is 5.96. The summed E-state index contributed by atoms with van der Waals surface area (Å²) in [5, 5.41) is 4.31. The normalized spacial score (nSPS) is 10.8. The van der Waals surface area contributed by atoms with E-state index in [0.29, 0.717) is 11.4 Å². The highest BCUT2D eigenvalue weighted by Crippen LogP contribution is 2.41. The molecule has 4 aromatic rings. The van der Waals surface area contributed by atoms with E-state index >= 15 is 0 Å². The molecule has 2 aromatic heterocycles. The molecule has 0 radical (unpaired) electrons. The van der Waals surface area contributed by atoms with Crippen molar-refractivity contribution in [2.75, 3.05) is 12.4 Å². The Bertz CT molecular complexity index is 1170. The standard InChI is InChI=1S/C21H16BrN3O2S/c1-12-17(13-6-8-15(22)9-7-13)18-19(23-11-24-20(18)28-12)25-16-5-3-4-14(10-16)21(26)27-2/h3-11H,1-2H3,(H,23,24,25). The van der Waals surface area contributed by atoms with Gasteiger partial charge in [-0.3, -0.25) is 0 Å². The SMILES string of the molecule is COC(=O)c1cccc(Nc2ncnc3sc(C)c(-c4ccc(Br)cc4)c23)c1. The van der Waals surface area contributed by atoms with Gasteiger partial charge in [-0.25, -0.2) is 14.8 Å². The van der Waals surface area contributed by atoms with Gasteiger partial charge in [0.05, 0.1) is 18.1 Å². The molecular weight excluding hydrogens is 438 g/mol. The first-order valence-corrected chi connectivity index (χ1v) is 10.1. The quantitative estimate of drug-likeness (QED) is 0.386. The van der Waals surface area contributed by atoms with Gasteiger partial charge in [0, 0.05) is 20.6 Å². The molecule has 7 heteroatoms. The van der Waals surface area contributed by atoms with Gasteiger partial charge in [0.15, 0.2) is 0 Å². The lowest BCUT2D eigenvalue weighted by Crippen LogP contribution is -2.02. The summed E-state index contributed by atoms with van der Waals surface area (Å²) >= 11 is 5.13. The van der Waals surface area contributed by atoms with Gasteiger partial charge >= 0.3 is 5.97 Å². The average Bonchev–Trinajstić information content (AvgIpc) is 3.05. The fourth-order valence-corrected chi connectivity index (χ4v) is 4.36. The number of benzene rings is 2. The minimum Gasteiger partial charge on any atom is -0.465 e. The molecule has 0 spiro atoms. The highest BCUT2D eigenvalue weighted by atomic mass is 79.9. The molecule has 0 aliphatic rings. The Morgan fingerprint density at radius 1 is 1.14 bits per heavy atom. The number of carbonyl (C=O) groups excluding carboxylic acids is 1. The van der Waals surface area contributed by atoms with Crippen LogP contribution < -0.4 is 5.32 Å². The second-order valence-electron chi connectivity index (χ2n) is 6.14. The average molecular weight is 454 g/mol. The Morgan fingerprint density at radius 2 is 1.93 bits per heavy atom. The van der Waals surface area contributed by atoms with Gasteiger partial charge in [-0.05, 0) is 42.8 Å². The molecule has 0 amide bonds. The van der Waals surface area contributed by atoms with Crippen molar-refractivity contribution < 1.29 is 9.53 Å². The van der Waals surface area contributed by atoms with Gasteiger partial charge < -0.3 is 10.1 Å². The van der Waals surface area contributed by atoms with Crippen molar-refractivity contribution in [1.29, 1.82) is 0 Å². The van der Waals surface area contributed by atoms with E-state index in [1.165, 1.54) is 12.0 Å². The molecule has 0 fully saturated rings. The number of thiophene rings is 1. The Hall–Kier alpha value is -2.77. The summed E-state index contributed by atoms with van der Waals surface area (Å²) in [6.07, 6.45) is 1.55. The Balaban J connectivity index is 1.82. The van der Waals surface area contributed by atoms with E-state index in [2.05, 4.69) is 50.3 Å². The molecule has 140 valence electrons. The first-order chi connectivity index (χ1) is 13.6. The van der Waals surface area contributed by atoms with Gasteiger partial charge in [-0.2, -0.15) is 0 Å². The van der Waals surface area contributed by atoms with E-state index in [1.807, 2.05) is 24.3 Å². The van der Waals surface area contributed by atoms with E-state index in [0.717, 1.165) is 31.5 Å². The van der Waals surface area contributed by atoms with Crippen LogP contribution in [-0.4, -0.2) is 23.0 Å². The Labute approximate surface area is 174 Å². The topological polar surface area (TPSA) is 64.1 Å². The second-order valence-corrected chi connectivity index (χ2v) is 8.26. The summed E-state index contributed by atoms with van der Waals surface area (Å²) in [5.41, 5.74) is 3.45. The molecule has 2 aromatic carbocycles. The van der Waals surface area contributed by atoms with Crippen molar-refractivity contribution in [3.8, 4) is 11.1 Å². The maximum atomic E-state index is 11.8. The molecule has 0 saturated carbocycles. The van der Waals surface area contributed by atoms with Crippen LogP contribution in [0, 0.1) is 6.92 Å². The van der Waals surface area contributed by atoms with Crippen LogP contribution in [0.2, 0.25) is 0 Å². The number of hydrogen-bond acceptors (Lipinski definition) is 6. The van der Waals surface area contributed by atoms with Gasteiger partial charge in [-0.15, -0.1) is 11.3 Å². The van der Waals surface area contributed by atoms with Crippen molar-refractivity contribution in [2.45, 2.75) is 6.92 Å². The van der Waals surface area contributed by atoms with Crippen LogP contribution in [0.3, 0.4) is 0 Å². The van der Waals surface area contributed by atoms with Gasteiger partial charge in [0.2, 0.25) is 0 Å². The van der Waals surface area contributed by atoms with Crippen molar-refractivity contribution in [2.24, 2.45) is 0 Å². The lowest BCUT2D eigenvalue weighted by Gasteiger charge is -2.10. The molecular formula is C21H16BrN3O2S. The molecule has 1 N–H and O–H groups in total. The predicted molar refractivity (Wildman–Crippen MR) is 116 cm³/mol. The molecule has 0 aliphatic carbocycles. The number of aromatic nitrogens is 2. The maximum absolute atomic E-state index is 11.8. The largest absolute Gasteiger partial charge is 0.465 e. The molecule has 0 bridgehead atoms. The first kappa shape index (κ1) is 18.6. The van der Waals surface area contributed by atoms with E-state index < -0.39 is 0 Å². The summed E-state index contributed by atoms with van der Waals surface area (Å²) in [4.78, 5) is 22.8. The molecule has 0 atom stereocenters. The van der Waals surface area contributed by atoms with Crippen LogP contribution in [-0.2, 0) is 4.74 Å². The molecule has 0 unspecified atom stereocenters. The number of aryl methyl sites for hydroxylation is 1. The number of halogens is 1. The number of methoxy groups -OCH3 is 1. The zero-order valence-electron chi connectivity index (χ0n) is 15.2. The number of carbonyl (C=O) groups is 1. The number of nitrogens with one attached hydrogen (secondary N) is 1. The van der Waals surface area contributed by atoms with E-state index in [-0.39, 0.29) is 5.97 Å². The minimum absolute atomic E-state index is 0.376. The van der Waals surface area contributed by atoms with Crippen molar-refractivity contribution >= 4 is 55.0 Å². The second kappa shape index (κ2) is 7.69. The molecule has 4 rings (SSSR count). The number of hydrogen-bond donors (Lipinski definition) is 1. The maximum Gasteiger partial charge on any atom is 0.337 e. The minimum atomic E-state index is -0.376. The van der Waals surface area contributed by atoms with E-state index in [9.17, 15) is 4.79 Å². The van der Waals surface area contributed by atoms with Crippen LogP contribution >= 0.6 is 27.3 Å². The van der Waals surface area contributed by atoms with E-state index in [4.69, 9.17) is 4.74 Å². The molecule has 0 saturated heterocycles. The van der Waals surface area contributed by atoms with Gasteiger partial charge in [0.25, 0.3) is 0 Å². The van der Waals surface area contributed by atoms with Crippen LogP contribution in [0.4, 0.5) is 11.5 Å². The molecule has 5 nitrogen and oxygen atoms in total. The number of rotatable bonds is 4. The number of fused-ring (bicyclic) bond motifs is 1. The summed E-state index contributed by atoms with van der Waals surface area (Å²) in [6, 6.07) is 15.4. The third-order valence-corrected chi connectivity index (χ3v) is 5.89. The van der Waals surface area contributed by atoms with Crippen molar-refractivity contribution in [3.63, 3.8) is 0 Å². The number of ether oxygens (including phenoxy) is 1. The van der Waals surface area contributed by atoms with Crippen molar-refractivity contribution in [1.82, 2.24) is 9.97 Å². The molecule has 2 heterocycles. The van der Waals surface area contributed by atoms with Crippen molar-refractivity contribution in [3.05, 3.63) is 69.8 Å². The zero-order valence-corrected chi connectivity index (χ0v) is 17.6. The number of anilines is 2. The fraction of sp³-hybridized carbons (Fsp3) is 0.0952. The third kappa shape index (κ3) is 3.50. The van der Waals surface area contributed by atoms with Crippen LogP contribution in [0.5, 0.6) is 0 Å². The molecule has 0 aliphatic heterocycles. The highest BCUT2D eigenvalue weighted by molar-refractivity contribution is 9.10. The smallest absolute Gasteiger partial charge is 0.337 e. The third-order valence-electron chi connectivity index (χ3n) is 4.34. The van der Waals surface area contributed by atoms with E-state index in [1.54, 1.807) is 29.8 Å². The number of esters is 1. The lowest BCUT2D eigenvalue weighted by atomic mass is 10.0. The molecule has 28 heavy (non-hydrogen) atoms. The monoisotopic (exact) mass is 453 g/mol. The summed E-state index contributed by atoms with van der Waals surface area (Å²) < 4.78 is 5.84. The summed E-state index contributed by atoms with van der Waals surface area (Å²) in [5.74, 6) is 0.327. The van der Waals surface area contributed by atoms with Crippen LogP contribution in [0.25, 0.3) is 21.3 Å². The highest BCUT2D eigenvalue weighted by Gasteiger charge is 2.17. The van der Waals surface area contributed by atoms with Gasteiger partial charge in [0.1, 0.15) is 17.0 Å². The summed E-state index contributed by atoms with van der Waals surface area (Å²) in [7, 11) is 1.37. The Kier molecular flexibility index (Phi) is 5.11. The summed E-state index contributed by atoms with van der Waals surface area (Å²) in [6.45, 7) is 2.09. The lowest BCUT2D eigenvalue weighted by molar-refractivity contribution is 0.0601. The van der Waals surface area contributed by atoms with Gasteiger partial charge in [-0.1, -0.05) is 34.1 Å². The fourth-order valence-electron chi connectivity index (χ4n) is 3.08. The van der Waals surface area contributed by atoms with Crippen LogP contribution in [0.15, 0.2) is 59.3 Å². The first-order valence-electron chi connectivity index (χ1n) is 8.52. The zero-order chi connectivity index (χ0) is 19.7.